The van der Waals surface area contributed by atoms with Crippen LogP contribution in [0, 0.1) is 0 Å². The quantitative estimate of drug-likeness (QED) is 0.424. The van der Waals surface area contributed by atoms with E-state index in [1.165, 1.54) is 5.56 Å². The highest BCUT2D eigenvalue weighted by atomic mass is 32.1. The Morgan fingerprint density at radius 1 is 1.14 bits per heavy atom. The fourth-order valence-corrected chi connectivity index (χ4v) is 4.86. The molecule has 140 valence electrons. The third-order valence-corrected chi connectivity index (χ3v) is 6.29. The van der Waals surface area contributed by atoms with Crippen LogP contribution in [-0.4, -0.2) is 26.7 Å². The van der Waals surface area contributed by atoms with Gasteiger partial charge in [-0.05, 0) is 36.2 Å². The lowest BCUT2D eigenvalue weighted by Gasteiger charge is -2.06. The lowest BCUT2D eigenvalue weighted by Crippen LogP contribution is -1.95. The summed E-state index contributed by atoms with van der Waals surface area (Å²) in [5.41, 5.74) is 4.24. The van der Waals surface area contributed by atoms with Crippen molar-refractivity contribution in [1.82, 2.24) is 19.6 Å². The highest BCUT2D eigenvalue weighted by Gasteiger charge is 2.15. The second-order valence-corrected chi connectivity index (χ2v) is 8.12. The maximum atomic E-state index is 5.49. The molecule has 0 bridgehead atoms. The number of nitrogens with zero attached hydrogens (tertiary/aromatic N) is 4. The molecule has 0 saturated carbocycles. The summed E-state index contributed by atoms with van der Waals surface area (Å²) in [6.45, 7) is 2.16. The Balaban J connectivity index is 1.50. The number of para-hydroxylation sites is 1. The molecule has 0 aliphatic rings. The van der Waals surface area contributed by atoms with Crippen molar-refractivity contribution in [2.24, 2.45) is 0 Å². The van der Waals surface area contributed by atoms with Crippen molar-refractivity contribution in [2.75, 3.05) is 12.4 Å². The van der Waals surface area contributed by atoms with Gasteiger partial charge >= 0.3 is 0 Å². The molecule has 0 spiro atoms. The summed E-state index contributed by atoms with van der Waals surface area (Å²) in [6, 6.07) is 14.3. The van der Waals surface area contributed by atoms with Crippen LogP contribution in [-0.2, 0) is 6.42 Å². The van der Waals surface area contributed by atoms with E-state index < -0.39 is 0 Å². The average Bonchev–Trinajstić information content (AvgIpc) is 3.41. The highest BCUT2D eigenvalue weighted by molar-refractivity contribution is 7.22. The predicted molar refractivity (Wildman–Crippen MR) is 115 cm³/mol. The number of aromatic nitrogens is 4. The number of fused-ring (bicyclic) bond motifs is 2. The topological polar surface area (TPSA) is 64.3 Å². The van der Waals surface area contributed by atoms with Gasteiger partial charge in [-0.3, -0.25) is 5.32 Å². The minimum atomic E-state index is 0.540. The fraction of sp³-hybridized carbons (Fsp3) is 0.150. The van der Waals surface area contributed by atoms with Crippen LogP contribution in [0.15, 0.2) is 47.8 Å². The van der Waals surface area contributed by atoms with Crippen LogP contribution < -0.4 is 10.1 Å². The molecule has 0 saturated heterocycles. The summed E-state index contributed by atoms with van der Waals surface area (Å²) in [6.07, 6.45) is 1.02. The van der Waals surface area contributed by atoms with Crippen molar-refractivity contribution in [3.05, 3.63) is 53.4 Å². The number of rotatable bonds is 5. The number of ether oxygens (including phenoxy) is 1. The molecule has 28 heavy (non-hydrogen) atoms. The molecule has 0 atom stereocenters. The molecule has 0 aliphatic heterocycles. The van der Waals surface area contributed by atoms with E-state index in [2.05, 4.69) is 45.5 Å². The molecule has 3 heterocycles. The van der Waals surface area contributed by atoms with Crippen LogP contribution in [0.5, 0.6) is 5.75 Å². The first-order valence-electron chi connectivity index (χ1n) is 8.89. The van der Waals surface area contributed by atoms with Crippen LogP contribution >= 0.6 is 22.7 Å². The number of hydrogen-bond acceptors (Lipinski definition) is 7. The number of hydrogen-bond donors (Lipinski definition) is 1. The van der Waals surface area contributed by atoms with Crippen molar-refractivity contribution in [1.29, 1.82) is 0 Å². The predicted octanol–water partition coefficient (Wildman–Crippen LogP) is 5.38. The summed E-state index contributed by atoms with van der Waals surface area (Å²) in [7, 11) is 1.67. The first-order chi connectivity index (χ1) is 13.7. The van der Waals surface area contributed by atoms with Crippen LogP contribution in [0.4, 0.5) is 11.1 Å². The zero-order valence-electron chi connectivity index (χ0n) is 15.3. The Hall–Kier alpha value is -2.97. The van der Waals surface area contributed by atoms with Crippen molar-refractivity contribution in [3.8, 4) is 17.0 Å². The number of anilines is 2. The van der Waals surface area contributed by atoms with Gasteiger partial charge in [-0.25, -0.2) is 9.50 Å². The van der Waals surface area contributed by atoms with E-state index in [4.69, 9.17) is 4.74 Å². The first-order valence-corrected chi connectivity index (χ1v) is 10.6. The summed E-state index contributed by atoms with van der Waals surface area (Å²) < 4.78 is 8.50. The molecule has 0 unspecified atom stereocenters. The Labute approximate surface area is 169 Å². The number of nitrogens with one attached hydrogen (secondary N) is 1. The van der Waals surface area contributed by atoms with Gasteiger partial charge in [-0.15, -0.1) is 16.4 Å². The second-order valence-electron chi connectivity index (χ2n) is 6.25. The molecular formula is C20H17N5OS2. The third-order valence-electron chi connectivity index (χ3n) is 4.54. The van der Waals surface area contributed by atoms with E-state index in [0.29, 0.717) is 5.95 Å². The van der Waals surface area contributed by atoms with Gasteiger partial charge in [0.15, 0.2) is 5.13 Å². The Kier molecular flexibility index (Phi) is 4.22. The average molecular weight is 408 g/mol. The largest absolute Gasteiger partial charge is 0.496 e. The van der Waals surface area contributed by atoms with E-state index in [1.807, 2.05) is 34.2 Å². The molecule has 1 N–H and O–H groups in total. The summed E-state index contributed by atoms with van der Waals surface area (Å²) in [5.74, 6) is 1.35. The fourth-order valence-electron chi connectivity index (χ4n) is 3.11. The standard InChI is InChI=1S/C20H17N5OS2/c1-3-12-8-9-14-17(10-12)28-19(21-14)22-18-23-20-25(24-18)15(11-27-20)13-6-4-5-7-16(13)26-2/h4-11H,3H2,1-2H3,(H,21,22,24). The summed E-state index contributed by atoms with van der Waals surface area (Å²) in [4.78, 5) is 10.1. The molecule has 0 fully saturated rings. The molecule has 0 aliphatic carbocycles. The smallest absolute Gasteiger partial charge is 0.250 e. The Morgan fingerprint density at radius 3 is 2.89 bits per heavy atom. The molecule has 3 aromatic heterocycles. The van der Waals surface area contributed by atoms with Crippen LogP contribution in [0.3, 0.4) is 0 Å². The van der Waals surface area contributed by atoms with E-state index in [-0.39, 0.29) is 0 Å². The van der Waals surface area contributed by atoms with Crippen LogP contribution in [0.2, 0.25) is 0 Å². The molecule has 5 rings (SSSR count). The number of aryl methyl sites for hydroxylation is 1. The van der Waals surface area contributed by atoms with E-state index in [0.717, 1.165) is 43.7 Å². The van der Waals surface area contributed by atoms with E-state index >= 15 is 0 Å². The minimum absolute atomic E-state index is 0.540. The van der Waals surface area contributed by atoms with Crippen molar-refractivity contribution in [3.63, 3.8) is 0 Å². The number of methoxy groups -OCH3 is 1. The van der Waals surface area contributed by atoms with Crippen LogP contribution in [0.25, 0.3) is 26.4 Å². The van der Waals surface area contributed by atoms with Gasteiger partial charge in [-0.2, -0.15) is 4.98 Å². The van der Waals surface area contributed by atoms with Crippen molar-refractivity contribution < 1.29 is 4.74 Å². The summed E-state index contributed by atoms with van der Waals surface area (Å²) >= 11 is 3.16. The lowest BCUT2D eigenvalue weighted by atomic mass is 10.1. The maximum Gasteiger partial charge on any atom is 0.250 e. The zero-order valence-corrected chi connectivity index (χ0v) is 17.0. The van der Waals surface area contributed by atoms with Gasteiger partial charge in [0.25, 0.3) is 0 Å². The number of thiazole rings is 2. The van der Waals surface area contributed by atoms with Gasteiger partial charge in [0.2, 0.25) is 10.9 Å². The third kappa shape index (κ3) is 2.90. The Bertz CT molecular complexity index is 1290. The molecular weight excluding hydrogens is 390 g/mol. The normalized spacial score (nSPS) is 11.4. The molecule has 0 amide bonds. The van der Waals surface area contributed by atoms with Gasteiger partial charge in [0.1, 0.15) is 5.75 Å². The van der Waals surface area contributed by atoms with Gasteiger partial charge < -0.3 is 4.74 Å². The lowest BCUT2D eigenvalue weighted by molar-refractivity contribution is 0.416. The zero-order chi connectivity index (χ0) is 19.1. The second kappa shape index (κ2) is 6.88. The number of benzene rings is 2. The highest BCUT2D eigenvalue weighted by Crippen LogP contribution is 2.33. The van der Waals surface area contributed by atoms with Crippen molar-refractivity contribution in [2.45, 2.75) is 13.3 Å². The molecule has 6 nitrogen and oxygen atoms in total. The molecule has 2 aromatic carbocycles. The van der Waals surface area contributed by atoms with Gasteiger partial charge in [-0.1, -0.05) is 36.5 Å². The van der Waals surface area contributed by atoms with Gasteiger partial charge in [0.05, 0.1) is 23.0 Å². The Morgan fingerprint density at radius 2 is 2.04 bits per heavy atom. The van der Waals surface area contributed by atoms with Gasteiger partial charge in [0, 0.05) is 10.9 Å². The molecule has 5 aromatic rings. The monoisotopic (exact) mass is 407 g/mol. The maximum absolute atomic E-state index is 5.49. The van der Waals surface area contributed by atoms with E-state index in [1.54, 1.807) is 29.8 Å². The SMILES string of the molecule is CCc1ccc2nc(Nc3nc4scc(-c5ccccc5OC)n4n3)sc2c1. The molecule has 0 radical (unpaired) electrons. The first kappa shape index (κ1) is 17.2. The minimum Gasteiger partial charge on any atom is -0.496 e. The molecule has 8 heteroatoms. The van der Waals surface area contributed by atoms with E-state index in [9.17, 15) is 0 Å². The van der Waals surface area contributed by atoms with Crippen molar-refractivity contribution >= 4 is 48.9 Å². The summed E-state index contributed by atoms with van der Waals surface area (Å²) in [5, 5.41) is 10.7. The van der Waals surface area contributed by atoms with Crippen LogP contribution in [0.1, 0.15) is 12.5 Å².